The van der Waals surface area contributed by atoms with Crippen molar-refractivity contribution in [1.29, 1.82) is 0 Å². The molecule has 0 spiro atoms. The van der Waals surface area contributed by atoms with Gasteiger partial charge in [-0.3, -0.25) is 19.0 Å². The van der Waals surface area contributed by atoms with Crippen LogP contribution in [0.5, 0.6) is 0 Å². The minimum Gasteiger partial charge on any atom is -0.350 e. The summed E-state index contributed by atoms with van der Waals surface area (Å²) in [5.41, 5.74) is 1.76. The first-order valence-corrected chi connectivity index (χ1v) is 9.12. The number of carbonyl (C=O) groups is 2. The number of aryl methyl sites for hydroxylation is 1. The second-order valence-corrected chi connectivity index (χ2v) is 6.26. The zero-order valence-electron chi connectivity index (χ0n) is 15.6. The van der Waals surface area contributed by atoms with Crippen LogP contribution in [0.25, 0.3) is 0 Å². The van der Waals surface area contributed by atoms with Crippen LogP contribution in [0, 0.1) is 0 Å². The lowest BCUT2D eigenvalue weighted by Crippen LogP contribution is -2.31. The van der Waals surface area contributed by atoms with E-state index in [0.29, 0.717) is 29.7 Å². The van der Waals surface area contributed by atoms with Crippen molar-refractivity contribution in [2.45, 2.75) is 19.9 Å². The van der Waals surface area contributed by atoms with E-state index in [9.17, 15) is 14.4 Å². The molecule has 0 aliphatic carbocycles. The van der Waals surface area contributed by atoms with Crippen molar-refractivity contribution in [3.05, 3.63) is 99.7 Å². The van der Waals surface area contributed by atoms with Gasteiger partial charge in [-0.05, 0) is 12.5 Å². The van der Waals surface area contributed by atoms with Crippen molar-refractivity contribution in [2.75, 3.05) is 6.54 Å². The molecule has 0 radical (unpaired) electrons. The first kappa shape index (κ1) is 19.2. The van der Waals surface area contributed by atoms with E-state index in [1.54, 1.807) is 48.5 Å². The van der Waals surface area contributed by atoms with Gasteiger partial charge in [-0.25, -0.2) is 4.98 Å². The van der Waals surface area contributed by atoms with Crippen LogP contribution in [-0.4, -0.2) is 27.8 Å². The van der Waals surface area contributed by atoms with E-state index in [0.717, 1.165) is 5.69 Å². The maximum absolute atomic E-state index is 12.7. The molecule has 0 fully saturated rings. The largest absolute Gasteiger partial charge is 0.350 e. The van der Waals surface area contributed by atoms with Crippen LogP contribution in [0.4, 0.5) is 0 Å². The molecule has 3 aromatic rings. The predicted molar refractivity (Wildman–Crippen MR) is 107 cm³/mol. The molecular weight excluding hydrogens is 354 g/mol. The summed E-state index contributed by atoms with van der Waals surface area (Å²) in [4.78, 5) is 41.5. The lowest BCUT2D eigenvalue weighted by molar-refractivity contribution is 0.0940. The third kappa shape index (κ3) is 4.40. The van der Waals surface area contributed by atoms with Gasteiger partial charge in [0.2, 0.25) is 0 Å². The minimum atomic E-state index is -0.355. The SMILES string of the molecule is CCc1cc(=O)n(CCNC(=O)c2ccccc2C(=O)c2ccccc2)cn1. The third-order valence-corrected chi connectivity index (χ3v) is 4.39. The van der Waals surface area contributed by atoms with Crippen molar-refractivity contribution in [3.63, 3.8) is 0 Å². The Hall–Kier alpha value is -3.54. The molecule has 6 heteroatoms. The molecule has 1 N–H and O–H groups in total. The van der Waals surface area contributed by atoms with Crippen LogP contribution in [0.3, 0.4) is 0 Å². The highest BCUT2D eigenvalue weighted by Crippen LogP contribution is 2.14. The minimum absolute atomic E-state index is 0.152. The van der Waals surface area contributed by atoms with Gasteiger partial charge >= 0.3 is 0 Å². The molecule has 6 nitrogen and oxygen atoms in total. The Balaban J connectivity index is 1.70. The molecule has 2 aromatic carbocycles. The second kappa shape index (κ2) is 8.90. The lowest BCUT2D eigenvalue weighted by Gasteiger charge is -2.11. The summed E-state index contributed by atoms with van der Waals surface area (Å²) in [5, 5.41) is 2.77. The number of amides is 1. The smallest absolute Gasteiger partial charge is 0.253 e. The van der Waals surface area contributed by atoms with Crippen molar-refractivity contribution in [2.24, 2.45) is 0 Å². The van der Waals surface area contributed by atoms with Gasteiger partial charge in [0.05, 0.1) is 11.9 Å². The number of hydrogen-bond acceptors (Lipinski definition) is 4. The molecule has 1 aromatic heterocycles. The Kier molecular flexibility index (Phi) is 6.11. The van der Waals surface area contributed by atoms with Crippen molar-refractivity contribution in [1.82, 2.24) is 14.9 Å². The average molecular weight is 375 g/mol. The van der Waals surface area contributed by atoms with Gasteiger partial charge in [-0.15, -0.1) is 0 Å². The summed E-state index contributed by atoms with van der Waals surface area (Å²) in [7, 11) is 0. The fourth-order valence-electron chi connectivity index (χ4n) is 2.83. The number of rotatable bonds is 7. The predicted octanol–water partition coefficient (Wildman–Crippen LogP) is 2.47. The zero-order valence-corrected chi connectivity index (χ0v) is 15.6. The Labute approximate surface area is 162 Å². The quantitative estimate of drug-likeness (QED) is 0.643. The summed E-state index contributed by atoms with van der Waals surface area (Å²) in [6, 6.07) is 17.0. The van der Waals surface area contributed by atoms with Crippen molar-refractivity contribution >= 4 is 11.7 Å². The maximum Gasteiger partial charge on any atom is 0.253 e. The Morgan fingerprint density at radius 3 is 2.36 bits per heavy atom. The van der Waals surface area contributed by atoms with E-state index in [4.69, 9.17) is 0 Å². The summed E-state index contributed by atoms with van der Waals surface area (Å²) >= 11 is 0. The number of carbonyl (C=O) groups excluding carboxylic acids is 2. The van der Waals surface area contributed by atoms with Crippen molar-refractivity contribution < 1.29 is 9.59 Å². The lowest BCUT2D eigenvalue weighted by atomic mass is 9.98. The van der Waals surface area contributed by atoms with Gasteiger partial charge in [-0.2, -0.15) is 0 Å². The fraction of sp³-hybridized carbons (Fsp3) is 0.182. The molecule has 1 amide bonds. The summed E-state index contributed by atoms with van der Waals surface area (Å²) in [6.07, 6.45) is 2.18. The third-order valence-electron chi connectivity index (χ3n) is 4.39. The fourth-order valence-corrected chi connectivity index (χ4v) is 2.83. The highest BCUT2D eigenvalue weighted by atomic mass is 16.2. The van der Waals surface area contributed by atoms with Gasteiger partial charge in [0.25, 0.3) is 11.5 Å². The molecule has 3 rings (SSSR count). The van der Waals surface area contributed by atoms with Gasteiger partial charge in [-0.1, -0.05) is 55.5 Å². The average Bonchev–Trinajstić information content (AvgIpc) is 2.74. The van der Waals surface area contributed by atoms with E-state index in [1.165, 1.54) is 17.0 Å². The summed E-state index contributed by atoms with van der Waals surface area (Å²) in [6.45, 7) is 2.48. The Morgan fingerprint density at radius 1 is 1.00 bits per heavy atom. The number of benzene rings is 2. The monoisotopic (exact) mass is 375 g/mol. The molecular formula is C22H21N3O3. The highest BCUT2D eigenvalue weighted by Gasteiger charge is 2.17. The van der Waals surface area contributed by atoms with Crippen LogP contribution in [0.1, 0.15) is 38.9 Å². The number of nitrogens with one attached hydrogen (secondary N) is 1. The first-order chi connectivity index (χ1) is 13.6. The molecule has 0 saturated heterocycles. The molecule has 0 bridgehead atoms. The molecule has 0 unspecified atom stereocenters. The van der Waals surface area contributed by atoms with Crippen molar-refractivity contribution in [3.8, 4) is 0 Å². The van der Waals surface area contributed by atoms with E-state index >= 15 is 0 Å². The molecule has 28 heavy (non-hydrogen) atoms. The zero-order chi connectivity index (χ0) is 19.9. The Morgan fingerprint density at radius 2 is 1.68 bits per heavy atom. The maximum atomic E-state index is 12.7. The topological polar surface area (TPSA) is 81.1 Å². The number of aromatic nitrogens is 2. The summed E-state index contributed by atoms with van der Waals surface area (Å²) < 4.78 is 1.44. The van der Waals surface area contributed by atoms with Gasteiger partial charge in [0.1, 0.15) is 0 Å². The number of ketones is 1. The van der Waals surface area contributed by atoms with E-state index in [-0.39, 0.29) is 23.8 Å². The van der Waals surface area contributed by atoms with Gasteiger partial charge in [0, 0.05) is 36.0 Å². The molecule has 142 valence electrons. The van der Waals surface area contributed by atoms with Crippen LogP contribution in [-0.2, 0) is 13.0 Å². The standard InChI is InChI=1S/C22H21N3O3/c1-2-17-14-20(26)25(15-24-17)13-12-23-22(28)19-11-7-6-10-18(19)21(27)16-8-4-3-5-9-16/h3-11,14-15H,2,12-13H2,1H3,(H,23,28). The van der Waals surface area contributed by atoms with Crippen LogP contribution in [0.15, 0.2) is 71.8 Å². The molecule has 0 atom stereocenters. The van der Waals surface area contributed by atoms with E-state index in [1.807, 2.05) is 13.0 Å². The number of nitrogens with zero attached hydrogens (tertiary/aromatic N) is 2. The molecule has 0 saturated carbocycles. The second-order valence-electron chi connectivity index (χ2n) is 6.26. The van der Waals surface area contributed by atoms with Crippen LogP contribution >= 0.6 is 0 Å². The van der Waals surface area contributed by atoms with Gasteiger partial charge in [0.15, 0.2) is 5.78 Å². The normalized spacial score (nSPS) is 10.5. The molecule has 1 heterocycles. The Bertz CT molecular complexity index is 1040. The van der Waals surface area contributed by atoms with Crippen LogP contribution < -0.4 is 10.9 Å². The summed E-state index contributed by atoms with van der Waals surface area (Å²) in [5.74, 6) is -0.562. The van der Waals surface area contributed by atoms with E-state index in [2.05, 4.69) is 10.3 Å². The highest BCUT2D eigenvalue weighted by molar-refractivity contribution is 6.15. The van der Waals surface area contributed by atoms with Gasteiger partial charge < -0.3 is 5.32 Å². The van der Waals surface area contributed by atoms with E-state index < -0.39 is 0 Å². The number of hydrogen-bond donors (Lipinski definition) is 1. The molecule has 0 aliphatic rings. The first-order valence-electron chi connectivity index (χ1n) is 9.12. The van der Waals surface area contributed by atoms with Crippen LogP contribution in [0.2, 0.25) is 0 Å². The molecule has 0 aliphatic heterocycles.